The molecule has 0 unspecified atom stereocenters. The lowest BCUT2D eigenvalue weighted by atomic mass is 9.99. The van der Waals surface area contributed by atoms with Crippen LogP contribution < -0.4 is 5.73 Å². The normalized spacial score (nSPS) is 10.8. The smallest absolute Gasteiger partial charge is 0.153 e. The van der Waals surface area contributed by atoms with Crippen molar-refractivity contribution in [2.24, 2.45) is 0 Å². The van der Waals surface area contributed by atoms with Gasteiger partial charge in [0.2, 0.25) is 0 Å². The zero-order chi connectivity index (χ0) is 15.0. The van der Waals surface area contributed by atoms with Crippen molar-refractivity contribution in [2.75, 3.05) is 5.73 Å². The summed E-state index contributed by atoms with van der Waals surface area (Å²) in [5.41, 5.74) is 9.37. The predicted molar refractivity (Wildman–Crippen MR) is 83.6 cm³/mol. The van der Waals surface area contributed by atoms with Crippen LogP contribution in [-0.4, -0.2) is 10.2 Å². The second-order valence-corrected chi connectivity index (χ2v) is 5.21. The van der Waals surface area contributed by atoms with E-state index in [4.69, 9.17) is 17.3 Å². The summed E-state index contributed by atoms with van der Waals surface area (Å²) in [7, 11) is 0. The van der Waals surface area contributed by atoms with Crippen LogP contribution in [-0.2, 0) is 0 Å². The molecule has 3 nitrogen and oxygen atoms in total. The van der Waals surface area contributed by atoms with Crippen molar-refractivity contribution >= 4 is 17.4 Å². The number of benzene rings is 2. The SMILES string of the molecule is Cc1cc(-c2[nH]nc(N)c2-c2ccccc2F)ccc1Cl. The summed E-state index contributed by atoms with van der Waals surface area (Å²) in [6.07, 6.45) is 0. The van der Waals surface area contributed by atoms with Crippen LogP contribution in [0.1, 0.15) is 5.56 Å². The van der Waals surface area contributed by atoms with Gasteiger partial charge in [0.15, 0.2) is 5.82 Å². The number of hydrogen-bond donors (Lipinski definition) is 2. The monoisotopic (exact) mass is 301 g/mol. The van der Waals surface area contributed by atoms with Gasteiger partial charge in [0.25, 0.3) is 0 Å². The average Bonchev–Trinajstić information content (AvgIpc) is 2.84. The molecule has 0 amide bonds. The van der Waals surface area contributed by atoms with Crippen molar-refractivity contribution in [3.63, 3.8) is 0 Å². The third kappa shape index (κ3) is 2.38. The van der Waals surface area contributed by atoms with Crippen molar-refractivity contribution in [1.29, 1.82) is 0 Å². The molecule has 3 N–H and O–H groups in total. The lowest BCUT2D eigenvalue weighted by molar-refractivity contribution is 0.631. The van der Waals surface area contributed by atoms with E-state index in [0.29, 0.717) is 21.8 Å². The van der Waals surface area contributed by atoms with Crippen LogP contribution in [0.25, 0.3) is 22.4 Å². The van der Waals surface area contributed by atoms with E-state index in [2.05, 4.69) is 10.2 Å². The van der Waals surface area contributed by atoms with E-state index in [9.17, 15) is 4.39 Å². The number of H-pyrrole nitrogens is 1. The molecule has 1 aromatic heterocycles. The van der Waals surface area contributed by atoms with Gasteiger partial charge in [0.1, 0.15) is 5.82 Å². The van der Waals surface area contributed by atoms with Crippen LogP contribution in [0.2, 0.25) is 5.02 Å². The molecule has 0 aliphatic heterocycles. The molecule has 0 atom stereocenters. The number of nitrogens with zero attached hydrogens (tertiary/aromatic N) is 1. The van der Waals surface area contributed by atoms with Gasteiger partial charge < -0.3 is 5.73 Å². The van der Waals surface area contributed by atoms with E-state index >= 15 is 0 Å². The molecule has 0 aliphatic carbocycles. The number of nitrogens with two attached hydrogens (primary N) is 1. The molecule has 1 heterocycles. The Balaban J connectivity index is 2.22. The number of rotatable bonds is 2. The highest BCUT2D eigenvalue weighted by Crippen LogP contribution is 2.36. The summed E-state index contributed by atoms with van der Waals surface area (Å²) < 4.78 is 14.1. The zero-order valence-electron chi connectivity index (χ0n) is 11.3. The van der Waals surface area contributed by atoms with Crippen molar-refractivity contribution in [3.05, 3.63) is 58.9 Å². The molecule has 5 heteroatoms. The van der Waals surface area contributed by atoms with Gasteiger partial charge in [0.05, 0.1) is 11.3 Å². The molecule has 0 aliphatic rings. The number of nitrogens with one attached hydrogen (secondary N) is 1. The third-order valence-electron chi connectivity index (χ3n) is 3.38. The molecule has 0 bridgehead atoms. The minimum Gasteiger partial charge on any atom is -0.382 e. The van der Waals surface area contributed by atoms with Crippen LogP contribution in [0, 0.1) is 12.7 Å². The Bertz CT molecular complexity index is 811. The lowest BCUT2D eigenvalue weighted by Crippen LogP contribution is -1.91. The molecule has 3 aromatic rings. The Morgan fingerprint density at radius 2 is 1.95 bits per heavy atom. The van der Waals surface area contributed by atoms with Gasteiger partial charge in [-0.15, -0.1) is 0 Å². The summed E-state index contributed by atoms with van der Waals surface area (Å²) in [5, 5.41) is 7.57. The first-order chi connectivity index (χ1) is 10.1. The van der Waals surface area contributed by atoms with Crippen molar-refractivity contribution in [3.8, 4) is 22.4 Å². The maximum atomic E-state index is 14.1. The Kier molecular flexibility index (Phi) is 3.39. The van der Waals surface area contributed by atoms with Gasteiger partial charge in [0, 0.05) is 16.1 Å². The Labute approximate surface area is 126 Å². The Hall–Kier alpha value is -2.33. The molecule has 2 aromatic carbocycles. The minimum absolute atomic E-state index is 0.266. The molecule has 3 rings (SSSR count). The largest absolute Gasteiger partial charge is 0.382 e. The van der Waals surface area contributed by atoms with Crippen LogP contribution in [0.15, 0.2) is 42.5 Å². The first kappa shape index (κ1) is 13.6. The maximum absolute atomic E-state index is 14.1. The fourth-order valence-corrected chi connectivity index (χ4v) is 2.42. The highest BCUT2D eigenvalue weighted by Gasteiger charge is 2.17. The summed E-state index contributed by atoms with van der Waals surface area (Å²) in [6, 6.07) is 12.1. The minimum atomic E-state index is -0.336. The molecule has 0 radical (unpaired) electrons. The molecule has 0 spiro atoms. The number of hydrogen-bond acceptors (Lipinski definition) is 2. The summed E-state index contributed by atoms with van der Waals surface area (Å²) >= 11 is 6.04. The van der Waals surface area contributed by atoms with Gasteiger partial charge in [-0.25, -0.2) is 4.39 Å². The van der Waals surface area contributed by atoms with E-state index in [1.807, 2.05) is 19.1 Å². The zero-order valence-corrected chi connectivity index (χ0v) is 12.1. The number of aromatic nitrogens is 2. The Morgan fingerprint density at radius 1 is 1.19 bits per heavy atom. The molecule has 21 heavy (non-hydrogen) atoms. The summed E-state index contributed by atoms with van der Waals surface area (Å²) in [6.45, 7) is 1.91. The first-order valence-corrected chi connectivity index (χ1v) is 6.81. The van der Waals surface area contributed by atoms with Gasteiger partial charge >= 0.3 is 0 Å². The fourth-order valence-electron chi connectivity index (χ4n) is 2.30. The number of halogens is 2. The van der Waals surface area contributed by atoms with E-state index in [1.54, 1.807) is 24.3 Å². The van der Waals surface area contributed by atoms with Crippen LogP contribution in [0.5, 0.6) is 0 Å². The molecule has 0 saturated heterocycles. The predicted octanol–water partition coefficient (Wildman–Crippen LogP) is 4.43. The number of aryl methyl sites for hydroxylation is 1. The molecular weight excluding hydrogens is 289 g/mol. The van der Waals surface area contributed by atoms with Crippen LogP contribution >= 0.6 is 11.6 Å². The van der Waals surface area contributed by atoms with Gasteiger partial charge in [-0.2, -0.15) is 5.10 Å². The first-order valence-electron chi connectivity index (χ1n) is 6.43. The summed E-state index contributed by atoms with van der Waals surface area (Å²) in [4.78, 5) is 0. The molecule has 106 valence electrons. The van der Waals surface area contributed by atoms with Gasteiger partial charge in [-0.05, 0) is 30.7 Å². The van der Waals surface area contributed by atoms with Crippen molar-refractivity contribution < 1.29 is 4.39 Å². The maximum Gasteiger partial charge on any atom is 0.153 e. The summed E-state index contributed by atoms with van der Waals surface area (Å²) in [5.74, 6) is -0.0692. The second-order valence-electron chi connectivity index (χ2n) is 4.80. The fraction of sp³-hybridized carbons (Fsp3) is 0.0625. The van der Waals surface area contributed by atoms with E-state index in [0.717, 1.165) is 11.1 Å². The topological polar surface area (TPSA) is 54.7 Å². The van der Waals surface area contributed by atoms with E-state index in [1.165, 1.54) is 6.07 Å². The second kappa shape index (κ2) is 5.22. The van der Waals surface area contributed by atoms with Crippen LogP contribution in [0.4, 0.5) is 10.2 Å². The molecule has 0 fully saturated rings. The highest BCUT2D eigenvalue weighted by molar-refractivity contribution is 6.31. The van der Waals surface area contributed by atoms with Crippen molar-refractivity contribution in [2.45, 2.75) is 6.92 Å². The quantitative estimate of drug-likeness (QED) is 0.736. The highest BCUT2D eigenvalue weighted by atomic mass is 35.5. The van der Waals surface area contributed by atoms with Gasteiger partial charge in [-0.1, -0.05) is 35.9 Å². The molecular formula is C16H13ClFN3. The number of aromatic amines is 1. The molecule has 0 saturated carbocycles. The van der Waals surface area contributed by atoms with E-state index < -0.39 is 0 Å². The van der Waals surface area contributed by atoms with Crippen molar-refractivity contribution in [1.82, 2.24) is 10.2 Å². The standard InChI is InChI=1S/C16H13ClFN3/c1-9-8-10(6-7-12(9)17)15-14(16(19)21-20-15)11-4-2-3-5-13(11)18/h2-8H,1H3,(H3,19,20,21). The van der Waals surface area contributed by atoms with Crippen LogP contribution in [0.3, 0.4) is 0 Å². The Morgan fingerprint density at radius 3 is 2.67 bits per heavy atom. The third-order valence-corrected chi connectivity index (χ3v) is 3.81. The van der Waals surface area contributed by atoms with Gasteiger partial charge in [-0.3, -0.25) is 5.10 Å². The number of anilines is 1. The average molecular weight is 302 g/mol. The lowest BCUT2D eigenvalue weighted by Gasteiger charge is -2.07. The van der Waals surface area contributed by atoms with E-state index in [-0.39, 0.29) is 11.6 Å². The number of nitrogen functional groups attached to an aromatic ring is 1.